The molecule has 0 bridgehead atoms. The maximum atomic E-state index is 13.4. The number of nitro groups is 1. The first-order chi connectivity index (χ1) is 11.6. The molecule has 0 unspecified atom stereocenters. The van der Waals surface area contributed by atoms with Gasteiger partial charge in [-0.25, -0.2) is 0 Å². The van der Waals surface area contributed by atoms with Gasteiger partial charge < -0.3 is 5.32 Å². The number of nitrogens with one attached hydrogen (secondary N) is 1. The number of nitrogens with zero attached hydrogens (tertiary/aromatic N) is 5. The van der Waals surface area contributed by atoms with Crippen molar-refractivity contribution in [2.45, 2.75) is 6.54 Å². The summed E-state index contributed by atoms with van der Waals surface area (Å²) < 4.78 is 15.7. The van der Waals surface area contributed by atoms with Gasteiger partial charge in [-0.3, -0.25) is 10.1 Å². The van der Waals surface area contributed by atoms with Crippen molar-refractivity contribution in [2.24, 2.45) is 0 Å². The minimum Gasteiger partial charge on any atom is -0.377 e. The highest BCUT2D eigenvalue weighted by Crippen LogP contribution is 2.23. The highest BCUT2D eigenvalue weighted by atomic mass is 79.9. The van der Waals surface area contributed by atoms with Crippen molar-refractivity contribution in [3.8, 4) is 5.69 Å². The van der Waals surface area contributed by atoms with E-state index in [0.717, 1.165) is 22.3 Å². The second-order valence-corrected chi connectivity index (χ2v) is 5.59. The molecule has 0 aliphatic carbocycles. The van der Waals surface area contributed by atoms with Crippen LogP contribution in [0.25, 0.3) is 5.69 Å². The van der Waals surface area contributed by atoms with Crippen LogP contribution in [-0.4, -0.2) is 25.1 Å². The first-order valence-corrected chi connectivity index (χ1v) is 7.55. The van der Waals surface area contributed by atoms with Crippen LogP contribution in [0.1, 0.15) is 5.82 Å². The number of halogens is 2. The molecule has 1 heterocycles. The minimum absolute atomic E-state index is 0.205. The van der Waals surface area contributed by atoms with E-state index in [9.17, 15) is 14.5 Å². The normalized spacial score (nSPS) is 10.6. The first-order valence-electron chi connectivity index (χ1n) is 6.76. The van der Waals surface area contributed by atoms with Gasteiger partial charge in [-0.1, -0.05) is 12.1 Å². The summed E-state index contributed by atoms with van der Waals surface area (Å²) in [6.45, 7) is 0.205. The molecule has 3 rings (SSSR count). The minimum atomic E-state index is -0.886. The van der Waals surface area contributed by atoms with Crippen molar-refractivity contribution in [2.75, 3.05) is 5.32 Å². The fourth-order valence-electron chi connectivity index (χ4n) is 2.07. The van der Waals surface area contributed by atoms with E-state index in [-0.39, 0.29) is 6.54 Å². The average Bonchev–Trinajstić information content (AvgIpc) is 3.02. The van der Waals surface area contributed by atoms with E-state index < -0.39 is 16.4 Å². The number of rotatable bonds is 5. The number of nitro benzene ring substituents is 1. The van der Waals surface area contributed by atoms with E-state index >= 15 is 0 Å². The average molecular weight is 393 g/mol. The second-order valence-electron chi connectivity index (χ2n) is 4.74. The van der Waals surface area contributed by atoms with Gasteiger partial charge in [0.15, 0.2) is 5.82 Å². The molecule has 0 spiro atoms. The predicted octanol–water partition coefficient (Wildman–Crippen LogP) is 3.08. The number of para-hydroxylation sites is 1. The standard InChI is InChI=1S/C14H10BrFN6O2/c15-10-3-1-2-4-12(10)21-14(18-19-20-21)8-17-9-5-6-11(16)13(7-9)22(23)24/h1-7,17H,8H2. The molecule has 0 atom stereocenters. The molecule has 1 aromatic heterocycles. The van der Waals surface area contributed by atoms with Gasteiger partial charge in [0, 0.05) is 16.2 Å². The smallest absolute Gasteiger partial charge is 0.306 e. The van der Waals surface area contributed by atoms with Crippen LogP contribution in [0, 0.1) is 15.9 Å². The molecule has 0 fully saturated rings. The molecule has 122 valence electrons. The Kier molecular flexibility index (Phi) is 4.47. The van der Waals surface area contributed by atoms with Crippen molar-refractivity contribution < 1.29 is 9.31 Å². The number of anilines is 1. The Morgan fingerprint density at radius 2 is 2.08 bits per heavy atom. The predicted molar refractivity (Wildman–Crippen MR) is 87.2 cm³/mol. The molecule has 0 aliphatic rings. The lowest BCUT2D eigenvalue weighted by Crippen LogP contribution is -2.09. The summed E-state index contributed by atoms with van der Waals surface area (Å²) in [5.41, 5.74) is 0.555. The van der Waals surface area contributed by atoms with Crippen molar-refractivity contribution in [1.82, 2.24) is 20.2 Å². The van der Waals surface area contributed by atoms with Crippen molar-refractivity contribution in [3.63, 3.8) is 0 Å². The van der Waals surface area contributed by atoms with Gasteiger partial charge in [0.25, 0.3) is 0 Å². The summed E-state index contributed by atoms with van der Waals surface area (Å²) in [5.74, 6) is -0.391. The van der Waals surface area contributed by atoms with Crippen LogP contribution < -0.4 is 5.32 Å². The number of hydrogen-bond donors (Lipinski definition) is 1. The molecule has 1 N–H and O–H groups in total. The Bertz CT molecular complexity index is 900. The van der Waals surface area contributed by atoms with E-state index in [2.05, 4.69) is 36.8 Å². The van der Waals surface area contributed by atoms with E-state index in [4.69, 9.17) is 0 Å². The van der Waals surface area contributed by atoms with Gasteiger partial charge >= 0.3 is 5.69 Å². The van der Waals surface area contributed by atoms with Crippen LogP contribution in [0.5, 0.6) is 0 Å². The zero-order valence-electron chi connectivity index (χ0n) is 12.1. The molecular weight excluding hydrogens is 383 g/mol. The largest absolute Gasteiger partial charge is 0.377 e. The Morgan fingerprint density at radius 1 is 1.29 bits per heavy atom. The van der Waals surface area contributed by atoms with Gasteiger partial charge in [-0.15, -0.1) is 5.10 Å². The van der Waals surface area contributed by atoms with E-state index in [1.165, 1.54) is 10.7 Å². The molecule has 0 amide bonds. The third-order valence-corrected chi connectivity index (χ3v) is 3.88. The fourth-order valence-corrected chi connectivity index (χ4v) is 2.52. The number of hydrogen-bond acceptors (Lipinski definition) is 6. The lowest BCUT2D eigenvalue weighted by atomic mass is 10.2. The van der Waals surface area contributed by atoms with E-state index in [0.29, 0.717) is 11.5 Å². The molecule has 8 nitrogen and oxygen atoms in total. The topological polar surface area (TPSA) is 98.8 Å². The van der Waals surface area contributed by atoms with Crippen LogP contribution in [0.3, 0.4) is 0 Å². The summed E-state index contributed by atoms with van der Waals surface area (Å²) in [4.78, 5) is 10.0. The molecule has 0 saturated heterocycles. The lowest BCUT2D eigenvalue weighted by molar-refractivity contribution is -0.387. The zero-order chi connectivity index (χ0) is 17.1. The molecule has 10 heteroatoms. The van der Waals surface area contributed by atoms with Gasteiger partial charge in [0.1, 0.15) is 0 Å². The highest BCUT2D eigenvalue weighted by molar-refractivity contribution is 9.10. The number of benzene rings is 2. The summed E-state index contributed by atoms with van der Waals surface area (Å²) in [5, 5.41) is 25.2. The van der Waals surface area contributed by atoms with Gasteiger partial charge in [-0.05, 0) is 50.6 Å². The number of aromatic nitrogens is 4. The molecule has 3 aromatic rings. The molecular formula is C14H10BrFN6O2. The maximum absolute atomic E-state index is 13.4. The summed E-state index contributed by atoms with van der Waals surface area (Å²) in [6, 6.07) is 11.0. The summed E-state index contributed by atoms with van der Waals surface area (Å²) in [7, 11) is 0. The molecule has 24 heavy (non-hydrogen) atoms. The molecule has 2 aromatic carbocycles. The van der Waals surface area contributed by atoms with Crippen LogP contribution in [0.15, 0.2) is 46.9 Å². The highest BCUT2D eigenvalue weighted by Gasteiger charge is 2.15. The fraction of sp³-hybridized carbons (Fsp3) is 0.0714. The summed E-state index contributed by atoms with van der Waals surface area (Å²) in [6.07, 6.45) is 0. The molecule has 0 saturated carbocycles. The zero-order valence-corrected chi connectivity index (χ0v) is 13.6. The van der Waals surface area contributed by atoms with Gasteiger partial charge in [-0.2, -0.15) is 9.07 Å². The van der Waals surface area contributed by atoms with E-state index in [1.807, 2.05) is 24.3 Å². The van der Waals surface area contributed by atoms with Crippen molar-refractivity contribution in [3.05, 3.63) is 68.7 Å². The van der Waals surface area contributed by atoms with Crippen molar-refractivity contribution >= 4 is 27.3 Å². The third-order valence-electron chi connectivity index (χ3n) is 3.21. The SMILES string of the molecule is O=[N+]([O-])c1cc(NCc2nnnn2-c2ccccc2Br)ccc1F. The monoisotopic (exact) mass is 392 g/mol. The second kappa shape index (κ2) is 6.71. The Labute approximate surface area is 143 Å². The van der Waals surface area contributed by atoms with Gasteiger partial charge in [0.05, 0.1) is 17.2 Å². The van der Waals surface area contributed by atoms with Crippen LogP contribution in [0.2, 0.25) is 0 Å². The first kappa shape index (κ1) is 16.0. The molecule has 0 aliphatic heterocycles. The maximum Gasteiger partial charge on any atom is 0.306 e. The lowest BCUT2D eigenvalue weighted by Gasteiger charge is -2.08. The molecule has 0 radical (unpaired) electrons. The third kappa shape index (κ3) is 3.23. The number of tetrazole rings is 1. The Morgan fingerprint density at radius 3 is 2.83 bits per heavy atom. The Hall–Kier alpha value is -2.88. The van der Waals surface area contributed by atoms with Crippen LogP contribution in [-0.2, 0) is 6.54 Å². The van der Waals surface area contributed by atoms with Crippen molar-refractivity contribution in [1.29, 1.82) is 0 Å². The summed E-state index contributed by atoms with van der Waals surface area (Å²) >= 11 is 3.43. The quantitative estimate of drug-likeness (QED) is 0.529. The van der Waals surface area contributed by atoms with Gasteiger partial charge in [0.2, 0.25) is 5.82 Å². The Balaban J connectivity index is 1.82. The van der Waals surface area contributed by atoms with Crippen LogP contribution >= 0.6 is 15.9 Å². The van der Waals surface area contributed by atoms with Crippen LogP contribution in [0.4, 0.5) is 15.8 Å². The van der Waals surface area contributed by atoms with E-state index in [1.54, 1.807) is 0 Å².